The first kappa shape index (κ1) is 18.8. The van der Waals surface area contributed by atoms with Crippen LogP contribution in [0.5, 0.6) is 0 Å². The highest BCUT2D eigenvalue weighted by atomic mass is 14.0. The minimum absolute atomic E-state index is 1.18. The van der Waals surface area contributed by atoms with Crippen molar-refractivity contribution in [1.29, 1.82) is 0 Å². The second kappa shape index (κ2) is 13.5. The van der Waals surface area contributed by atoms with Crippen LogP contribution < -0.4 is 0 Å². The van der Waals surface area contributed by atoms with E-state index in [4.69, 9.17) is 0 Å². The van der Waals surface area contributed by atoms with Gasteiger partial charge in [-0.3, -0.25) is 0 Å². The number of hydrogen-bond donors (Lipinski definition) is 0. The molecule has 0 aliphatic heterocycles. The first-order valence-corrected chi connectivity index (χ1v) is 6.77. The van der Waals surface area contributed by atoms with Crippen LogP contribution in [0.3, 0.4) is 0 Å². The molecular weight excluding hydrogens is 216 g/mol. The zero-order valence-electron chi connectivity index (χ0n) is 12.8. The number of rotatable bonds is 3. The van der Waals surface area contributed by atoms with Crippen molar-refractivity contribution in [2.45, 2.75) is 41.5 Å². The van der Waals surface area contributed by atoms with E-state index in [0.717, 1.165) is 0 Å². The molecular formula is C18H28. The van der Waals surface area contributed by atoms with Gasteiger partial charge in [0.25, 0.3) is 0 Å². The zero-order valence-corrected chi connectivity index (χ0v) is 12.8. The van der Waals surface area contributed by atoms with E-state index in [-0.39, 0.29) is 0 Å². The molecule has 1 rings (SSSR count). The fourth-order valence-corrected chi connectivity index (χ4v) is 1.12. The largest absolute Gasteiger partial charge is 0.0988 e. The van der Waals surface area contributed by atoms with Gasteiger partial charge in [-0.1, -0.05) is 88.4 Å². The van der Waals surface area contributed by atoms with Crippen molar-refractivity contribution in [3.8, 4) is 0 Å². The Morgan fingerprint density at radius 2 is 1.39 bits per heavy atom. The van der Waals surface area contributed by atoms with Gasteiger partial charge < -0.3 is 0 Å². The Kier molecular flexibility index (Phi) is 14.1. The van der Waals surface area contributed by atoms with Gasteiger partial charge in [0, 0.05) is 0 Å². The molecule has 0 radical (unpaired) electrons. The third-order valence-corrected chi connectivity index (χ3v) is 2.15. The smallest absolute Gasteiger partial charge is 0.0227 e. The molecule has 0 aliphatic rings. The van der Waals surface area contributed by atoms with Crippen LogP contribution in [-0.2, 0) is 0 Å². The summed E-state index contributed by atoms with van der Waals surface area (Å²) in [4.78, 5) is 0. The molecule has 0 fully saturated rings. The van der Waals surface area contributed by atoms with E-state index < -0.39 is 0 Å². The predicted octanol–water partition coefficient (Wildman–Crippen LogP) is 6.27. The van der Waals surface area contributed by atoms with E-state index in [1.807, 2.05) is 46.8 Å². The molecule has 100 valence electrons. The second-order valence-corrected chi connectivity index (χ2v) is 3.33. The number of allylic oxidation sites excluding steroid dienone is 5. The van der Waals surface area contributed by atoms with Gasteiger partial charge in [-0.05, 0) is 25.0 Å². The highest BCUT2D eigenvalue weighted by molar-refractivity contribution is 5.65. The monoisotopic (exact) mass is 244 g/mol. The summed E-state index contributed by atoms with van der Waals surface area (Å²) in [6.07, 6.45) is 6.05. The molecule has 0 nitrogen and oxygen atoms in total. The fraction of sp³-hybridized carbons (Fsp3) is 0.333. The Bertz CT molecular complexity index is 353. The van der Waals surface area contributed by atoms with Crippen molar-refractivity contribution in [3.05, 3.63) is 66.3 Å². The second-order valence-electron chi connectivity index (χ2n) is 3.33. The molecule has 0 spiro atoms. The summed E-state index contributed by atoms with van der Waals surface area (Å²) in [5.74, 6) is 0. The van der Waals surface area contributed by atoms with Gasteiger partial charge in [-0.15, -0.1) is 0 Å². The Labute approximate surface area is 114 Å². The molecule has 1 aromatic rings. The van der Waals surface area contributed by atoms with Gasteiger partial charge in [-0.25, -0.2) is 0 Å². The molecule has 0 saturated heterocycles. The molecule has 0 unspecified atom stereocenters. The number of benzene rings is 1. The maximum atomic E-state index is 3.71. The summed E-state index contributed by atoms with van der Waals surface area (Å²) in [6.45, 7) is 15.9. The minimum Gasteiger partial charge on any atom is -0.0988 e. The van der Waals surface area contributed by atoms with Gasteiger partial charge in [-0.2, -0.15) is 0 Å². The first-order chi connectivity index (χ1) is 8.74. The minimum atomic E-state index is 1.18. The van der Waals surface area contributed by atoms with E-state index in [1.165, 1.54) is 16.7 Å². The van der Waals surface area contributed by atoms with Gasteiger partial charge in [0.05, 0.1) is 0 Å². The van der Waals surface area contributed by atoms with Crippen molar-refractivity contribution in [2.75, 3.05) is 0 Å². The van der Waals surface area contributed by atoms with Crippen LogP contribution in [0.2, 0.25) is 0 Å². The SMILES string of the molecule is C=C/C(C)=C\C=C(/C)c1ccccc1.CC.CC. The van der Waals surface area contributed by atoms with Crippen LogP contribution in [0.1, 0.15) is 47.1 Å². The lowest BCUT2D eigenvalue weighted by molar-refractivity contribution is 1.50. The maximum absolute atomic E-state index is 3.71. The average molecular weight is 244 g/mol. The molecule has 18 heavy (non-hydrogen) atoms. The lowest BCUT2D eigenvalue weighted by Crippen LogP contribution is -1.76. The lowest BCUT2D eigenvalue weighted by Gasteiger charge is -1.98. The summed E-state index contributed by atoms with van der Waals surface area (Å²) in [5, 5.41) is 0. The van der Waals surface area contributed by atoms with Crippen molar-refractivity contribution in [3.63, 3.8) is 0 Å². The third kappa shape index (κ3) is 8.58. The summed E-state index contributed by atoms with van der Waals surface area (Å²) >= 11 is 0. The van der Waals surface area contributed by atoms with Crippen LogP contribution in [0.25, 0.3) is 5.57 Å². The molecule has 0 heterocycles. The molecule has 0 aromatic heterocycles. The Morgan fingerprint density at radius 3 is 1.83 bits per heavy atom. The van der Waals surface area contributed by atoms with Crippen LogP contribution in [-0.4, -0.2) is 0 Å². The Balaban J connectivity index is 0. The Morgan fingerprint density at radius 1 is 0.889 bits per heavy atom. The van der Waals surface area contributed by atoms with Crippen molar-refractivity contribution in [1.82, 2.24) is 0 Å². The van der Waals surface area contributed by atoms with Crippen molar-refractivity contribution in [2.24, 2.45) is 0 Å². The van der Waals surface area contributed by atoms with E-state index in [1.54, 1.807) is 0 Å². The van der Waals surface area contributed by atoms with E-state index in [2.05, 4.69) is 49.9 Å². The van der Waals surface area contributed by atoms with E-state index in [0.29, 0.717) is 0 Å². The van der Waals surface area contributed by atoms with Crippen molar-refractivity contribution >= 4 is 5.57 Å². The van der Waals surface area contributed by atoms with Crippen molar-refractivity contribution < 1.29 is 0 Å². The highest BCUT2D eigenvalue weighted by Gasteiger charge is 1.90. The highest BCUT2D eigenvalue weighted by Crippen LogP contribution is 2.13. The summed E-state index contributed by atoms with van der Waals surface area (Å²) in [6, 6.07) is 10.4. The van der Waals surface area contributed by atoms with E-state index >= 15 is 0 Å². The topological polar surface area (TPSA) is 0 Å². The lowest BCUT2D eigenvalue weighted by atomic mass is 10.1. The van der Waals surface area contributed by atoms with Crippen LogP contribution in [0.15, 0.2) is 60.7 Å². The molecule has 0 amide bonds. The Hall–Kier alpha value is -1.56. The quantitative estimate of drug-likeness (QED) is 0.549. The van der Waals surface area contributed by atoms with Gasteiger partial charge in [0.15, 0.2) is 0 Å². The van der Waals surface area contributed by atoms with Gasteiger partial charge in [0.2, 0.25) is 0 Å². The predicted molar refractivity (Wildman–Crippen MR) is 86.7 cm³/mol. The normalized spacial score (nSPS) is 10.6. The molecule has 0 atom stereocenters. The molecule has 0 saturated carbocycles. The molecule has 0 N–H and O–H groups in total. The summed E-state index contributed by atoms with van der Waals surface area (Å²) in [7, 11) is 0. The van der Waals surface area contributed by atoms with Crippen LogP contribution in [0, 0.1) is 0 Å². The maximum Gasteiger partial charge on any atom is -0.0227 e. The summed E-state index contributed by atoms with van der Waals surface area (Å²) in [5.41, 5.74) is 3.72. The fourth-order valence-electron chi connectivity index (χ4n) is 1.12. The standard InChI is InChI=1S/C14H16.2C2H6/c1-4-12(2)10-11-13(3)14-8-6-5-7-9-14;2*1-2/h4-11H,1H2,2-3H3;2*1-2H3/b12-10-,13-11+;;. The van der Waals surface area contributed by atoms with Crippen LogP contribution >= 0.6 is 0 Å². The number of hydrogen-bond acceptors (Lipinski definition) is 0. The average Bonchev–Trinajstić information content (AvgIpc) is 2.49. The van der Waals surface area contributed by atoms with Crippen LogP contribution in [0.4, 0.5) is 0 Å². The van der Waals surface area contributed by atoms with Gasteiger partial charge in [0.1, 0.15) is 0 Å². The molecule has 0 aliphatic carbocycles. The van der Waals surface area contributed by atoms with Gasteiger partial charge >= 0.3 is 0 Å². The molecule has 0 heteroatoms. The first-order valence-electron chi connectivity index (χ1n) is 6.77. The summed E-state index contributed by atoms with van der Waals surface area (Å²) < 4.78 is 0. The molecule has 1 aromatic carbocycles. The van der Waals surface area contributed by atoms with E-state index in [9.17, 15) is 0 Å². The molecule has 0 bridgehead atoms. The third-order valence-electron chi connectivity index (χ3n) is 2.15. The zero-order chi connectivity index (χ0) is 14.4.